The van der Waals surface area contributed by atoms with Gasteiger partial charge in [-0.25, -0.2) is 5.43 Å². The normalized spacial score (nSPS) is 11.3. The summed E-state index contributed by atoms with van der Waals surface area (Å²) >= 11 is 13.2. The molecule has 0 saturated carbocycles. The number of furan rings is 1. The molecule has 0 unspecified atom stereocenters. The van der Waals surface area contributed by atoms with Gasteiger partial charge in [0.1, 0.15) is 5.58 Å². The van der Waals surface area contributed by atoms with Crippen LogP contribution >= 0.6 is 61.9 Å². The number of fused-ring (bicyclic) bond motifs is 1. The molecule has 8 heteroatoms. The number of rotatable bonds is 5. The molecule has 0 saturated heterocycles. The van der Waals surface area contributed by atoms with E-state index >= 15 is 0 Å². The number of amides is 1. The molecule has 1 amide bonds. The number of hydrazone groups is 1. The first-order valence-electron chi connectivity index (χ1n) is 8.73. The van der Waals surface area contributed by atoms with Gasteiger partial charge >= 0.3 is 5.91 Å². The molecule has 30 heavy (non-hydrogen) atoms. The SMILES string of the molecule is O=C(N/N=C\c1ccc(Sc2ccc(Cl)cc2)cc1)c1cc2cc(Br)cc(I)c2o1. The summed E-state index contributed by atoms with van der Waals surface area (Å²) in [6.07, 6.45) is 1.59. The summed E-state index contributed by atoms with van der Waals surface area (Å²) in [6.45, 7) is 0. The largest absolute Gasteiger partial charge is 0.450 e. The number of halogens is 3. The van der Waals surface area contributed by atoms with E-state index in [-0.39, 0.29) is 5.76 Å². The summed E-state index contributed by atoms with van der Waals surface area (Å²) in [6, 6.07) is 21.1. The highest BCUT2D eigenvalue weighted by molar-refractivity contribution is 14.1. The molecule has 0 spiro atoms. The fourth-order valence-corrected chi connectivity index (χ4v) is 5.27. The van der Waals surface area contributed by atoms with Gasteiger partial charge in [0.15, 0.2) is 5.76 Å². The summed E-state index contributed by atoms with van der Waals surface area (Å²) in [5.41, 5.74) is 4.06. The third-order valence-electron chi connectivity index (χ3n) is 4.07. The molecule has 1 aromatic heterocycles. The van der Waals surface area contributed by atoms with E-state index in [1.807, 2.05) is 60.7 Å². The third-order valence-corrected chi connectivity index (χ3v) is 6.60. The summed E-state index contributed by atoms with van der Waals surface area (Å²) in [4.78, 5) is 14.5. The molecule has 0 radical (unpaired) electrons. The number of carbonyl (C=O) groups is 1. The van der Waals surface area contributed by atoms with E-state index in [4.69, 9.17) is 16.0 Å². The van der Waals surface area contributed by atoms with Gasteiger partial charge in [-0.15, -0.1) is 0 Å². The maximum Gasteiger partial charge on any atom is 0.307 e. The lowest BCUT2D eigenvalue weighted by Gasteiger charge is -2.02. The second-order valence-corrected chi connectivity index (χ2v) is 9.90. The van der Waals surface area contributed by atoms with Gasteiger partial charge in [-0.3, -0.25) is 4.79 Å². The minimum atomic E-state index is -0.399. The van der Waals surface area contributed by atoms with Crippen molar-refractivity contribution in [3.8, 4) is 0 Å². The van der Waals surface area contributed by atoms with E-state index < -0.39 is 5.91 Å². The highest BCUT2D eigenvalue weighted by Gasteiger charge is 2.14. The Morgan fingerprint density at radius 1 is 1.07 bits per heavy atom. The van der Waals surface area contributed by atoms with Crippen LogP contribution in [0.25, 0.3) is 11.0 Å². The monoisotopic (exact) mass is 610 g/mol. The first-order valence-corrected chi connectivity index (χ1v) is 11.8. The van der Waals surface area contributed by atoms with Crippen LogP contribution in [-0.4, -0.2) is 12.1 Å². The van der Waals surface area contributed by atoms with Crippen LogP contribution in [0.5, 0.6) is 0 Å². The van der Waals surface area contributed by atoms with E-state index in [1.165, 1.54) is 0 Å². The van der Waals surface area contributed by atoms with Crippen molar-refractivity contribution in [3.63, 3.8) is 0 Å². The number of hydrogen-bond donors (Lipinski definition) is 1. The van der Waals surface area contributed by atoms with Gasteiger partial charge in [0.05, 0.1) is 9.78 Å². The standard InChI is InChI=1S/C22H13BrClIN2O2S/c23-15-9-14-10-20(29-21(14)19(25)11-15)22(28)27-26-12-13-1-5-17(6-2-13)30-18-7-3-16(24)4-8-18/h1-12H,(H,27,28)/b26-12-. The third kappa shape index (κ3) is 5.26. The molecule has 0 atom stereocenters. The fraction of sp³-hybridized carbons (Fsp3) is 0. The van der Waals surface area contributed by atoms with Crippen LogP contribution in [-0.2, 0) is 0 Å². The maximum absolute atomic E-state index is 12.3. The predicted octanol–water partition coefficient (Wildman–Crippen LogP) is 7.37. The van der Waals surface area contributed by atoms with Gasteiger partial charge in [0.25, 0.3) is 0 Å². The van der Waals surface area contributed by atoms with Crippen molar-refractivity contribution in [2.45, 2.75) is 9.79 Å². The average Bonchev–Trinajstić information content (AvgIpc) is 3.15. The molecule has 4 aromatic rings. The van der Waals surface area contributed by atoms with E-state index in [0.717, 1.165) is 33.8 Å². The van der Waals surface area contributed by atoms with Crippen molar-refractivity contribution in [1.29, 1.82) is 0 Å². The Bertz CT molecular complexity index is 1240. The molecule has 0 aliphatic rings. The summed E-state index contributed by atoms with van der Waals surface area (Å²) in [5, 5.41) is 5.61. The van der Waals surface area contributed by atoms with E-state index in [1.54, 1.807) is 24.0 Å². The van der Waals surface area contributed by atoms with E-state index in [9.17, 15) is 4.79 Å². The predicted molar refractivity (Wildman–Crippen MR) is 134 cm³/mol. The molecule has 3 aromatic carbocycles. The quantitative estimate of drug-likeness (QED) is 0.146. The Balaban J connectivity index is 1.38. The minimum absolute atomic E-state index is 0.216. The molecule has 0 aliphatic carbocycles. The average molecular weight is 612 g/mol. The minimum Gasteiger partial charge on any atom is -0.450 e. The van der Waals surface area contributed by atoms with Crippen molar-refractivity contribution in [1.82, 2.24) is 5.43 Å². The maximum atomic E-state index is 12.3. The molecule has 4 nitrogen and oxygen atoms in total. The molecule has 1 heterocycles. The van der Waals surface area contributed by atoms with Gasteiger partial charge in [-0.1, -0.05) is 51.4 Å². The van der Waals surface area contributed by atoms with Gasteiger partial charge in [-0.2, -0.15) is 5.10 Å². The van der Waals surface area contributed by atoms with Crippen molar-refractivity contribution in [2.75, 3.05) is 0 Å². The second-order valence-electron chi connectivity index (χ2n) is 6.24. The van der Waals surface area contributed by atoms with Gasteiger partial charge < -0.3 is 4.42 Å². The van der Waals surface area contributed by atoms with Crippen molar-refractivity contribution < 1.29 is 9.21 Å². The molecule has 4 rings (SSSR count). The first kappa shape index (κ1) is 21.4. The zero-order chi connectivity index (χ0) is 21.1. The van der Waals surface area contributed by atoms with Crippen molar-refractivity contribution in [3.05, 3.63) is 91.1 Å². The van der Waals surface area contributed by atoms with Crippen LogP contribution in [0.4, 0.5) is 0 Å². The number of carbonyl (C=O) groups excluding carboxylic acids is 1. The van der Waals surface area contributed by atoms with Crippen LogP contribution in [0.15, 0.2) is 90.5 Å². The molecule has 0 bridgehead atoms. The fourth-order valence-electron chi connectivity index (χ4n) is 2.67. The van der Waals surface area contributed by atoms with Crippen LogP contribution in [0, 0.1) is 3.57 Å². The zero-order valence-corrected chi connectivity index (χ0v) is 20.5. The Labute approximate surface area is 204 Å². The lowest BCUT2D eigenvalue weighted by molar-refractivity contribution is 0.0929. The number of nitrogens with one attached hydrogen (secondary N) is 1. The van der Waals surface area contributed by atoms with Gasteiger partial charge in [0, 0.05) is 24.7 Å². The molecule has 0 aliphatic heterocycles. The highest BCUT2D eigenvalue weighted by atomic mass is 127. The number of nitrogens with zero attached hydrogens (tertiary/aromatic N) is 1. The lowest BCUT2D eigenvalue weighted by Crippen LogP contribution is -2.16. The zero-order valence-electron chi connectivity index (χ0n) is 15.2. The van der Waals surface area contributed by atoms with Crippen molar-refractivity contribution in [2.24, 2.45) is 5.10 Å². The smallest absolute Gasteiger partial charge is 0.307 e. The van der Waals surface area contributed by atoms with Gasteiger partial charge in [0.2, 0.25) is 0 Å². The summed E-state index contributed by atoms with van der Waals surface area (Å²) in [7, 11) is 0. The molecule has 150 valence electrons. The van der Waals surface area contributed by atoms with Crippen molar-refractivity contribution >= 4 is 85.0 Å². The first-order chi connectivity index (χ1) is 14.5. The van der Waals surface area contributed by atoms with Crippen LogP contribution in [0.1, 0.15) is 16.1 Å². The van der Waals surface area contributed by atoms with Crippen LogP contribution < -0.4 is 5.43 Å². The number of benzene rings is 3. The topological polar surface area (TPSA) is 54.6 Å². The Morgan fingerprint density at radius 2 is 1.73 bits per heavy atom. The Kier molecular flexibility index (Phi) is 6.82. The molecular weight excluding hydrogens is 599 g/mol. The molecule has 1 N–H and O–H groups in total. The van der Waals surface area contributed by atoms with Gasteiger partial charge in [-0.05, 0) is 82.8 Å². The number of hydrogen-bond acceptors (Lipinski definition) is 4. The Morgan fingerprint density at radius 3 is 2.43 bits per heavy atom. The highest BCUT2D eigenvalue weighted by Crippen LogP contribution is 2.29. The summed E-state index contributed by atoms with van der Waals surface area (Å²) in [5.74, 6) is -0.183. The van der Waals surface area contributed by atoms with E-state index in [0.29, 0.717) is 5.58 Å². The van der Waals surface area contributed by atoms with E-state index in [2.05, 4.69) is 49.0 Å². The second kappa shape index (κ2) is 9.55. The summed E-state index contributed by atoms with van der Waals surface area (Å²) < 4.78 is 7.53. The lowest BCUT2D eigenvalue weighted by atomic mass is 10.2. The van der Waals surface area contributed by atoms with Crippen LogP contribution in [0.2, 0.25) is 5.02 Å². The van der Waals surface area contributed by atoms with Crippen LogP contribution in [0.3, 0.4) is 0 Å². The molecule has 0 fully saturated rings. The Hall–Kier alpha value is -1.81. The molecular formula is C22H13BrClIN2O2S.